The molecule has 3 fully saturated rings. The number of carboxylic acids is 1. The van der Waals surface area contributed by atoms with E-state index < -0.39 is 17.7 Å². The van der Waals surface area contributed by atoms with Crippen LogP contribution in [0.3, 0.4) is 0 Å². The Kier molecular flexibility index (Phi) is 7.40. The molecule has 0 spiro atoms. The Hall–Kier alpha value is -1.65. The maximum Gasteiger partial charge on any atom is 0.336 e. The average molecular weight is 523 g/mol. The van der Waals surface area contributed by atoms with Crippen LogP contribution in [0.15, 0.2) is 35.9 Å². The monoisotopic (exact) mass is 522 g/mol. The van der Waals surface area contributed by atoms with Crippen LogP contribution in [0.25, 0.3) is 0 Å². The van der Waals surface area contributed by atoms with Gasteiger partial charge in [0.15, 0.2) is 0 Å². The molecule has 4 heteroatoms. The van der Waals surface area contributed by atoms with Crippen LogP contribution >= 0.6 is 0 Å². The maximum absolute atomic E-state index is 11.9. The largest absolute Gasteiger partial charge is 0.478 e. The van der Waals surface area contributed by atoms with Crippen molar-refractivity contribution in [3.05, 3.63) is 47.0 Å². The molecule has 4 nitrogen and oxygen atoms in total. The standard InChI is InChI=1S/C34H50O4/c1-21(2)9-8-10-22(3)25-13-14-27-30-28(15-16-33(25,27)5)32(4)17-18-34(38,20-23(32)19-29(30)35)26-12-7-6-11-24(26)31(36)37/h6-7,11-12,19,21-22,25,27-30,35,38H,8-10,13-18,20H2,1-5H3,(H,36,37)/t22-,25-,27+,28+,29?,30+,32+,33-,34+/m1/s1. The highest BCUT2D eigenvalue weighted by molar-refractivity contribution is 5.89. The minimum absolute atomic E-state index is 0.0450. The van der Waals surface area contributed by atoms with Gasteiger partial charge in [0.05, 0.1) is 17.3 Å². The van der Waals surface area contributed by atoms with E-state index >= 15 is 0 Å². The van der Waals surface area contributed by atoms with Crippen molar-refractivity contribution >= 4 is 5.97 Å². The van der Waals surface area contributed by atoms with Crippen LogP contribution in [0, 0.1) is 46.3 Å². The van der Waals surface area contributed by atoms with Crippen molar-refractivity contribution in [2.24, 2.45) is 46.3 Å². The van der Waals surface area contributed by atoms with Crippen molar-refractivity contribution in [1.82, 2.24) is 0 Å². The fourth-order valence-corrected chi connectivity index (χ4v) is 9.97. The molecule has 0 heterocycles. The summed E-state index contributed by atoms with van der Waals surface area (Å²) in [6.45, 7) is 12.0. The molecule has 1 aromatic rings. The van der Waals surface area contributed by atoms with Crippen molar-refractivity contribution < 1.29 is 20.1 Å². The SMILES string of the molecule is CC(C)CCC[C@@H](C)[C@H]1CC[C@H]2[C@@H]3C(O)C=C4C[C@](O)(c5ccccc5C(=O)O)CC[C@]4(C)[C@H]3CC[C@]12C. The summed E-state index contributed by atoms with van der Waals surface area (Å²) in [5.41, 5.74) is 0.878. The lowest BCUT2D eigenvalue weighted by atomic mass is 9.45. The summed E-state index contributed by atoms with van der Waals surface area (Å²) in [5, 5.41) is 33.3. The maximum atomic E-state index is 11.9. The summed E-state index contributed by atoms with van der Waals surface area (Å²) >= 11 is 0. The van der Waals surface area contributed by atoms with Crippen molar-refractivity contribution in [3.63, 3.8) is 0 Å². The summed E-state index contributed by atoms with van der Waals surface area (Å²) < 4.78 is 0. The Balaban J connectivity index is 1.39. The van der Waals surface area contributed by atoms with E-state index in [1.165, 1.54) is 38.5 Å². The Morgan fingerprint density at radius 1 is 1.00 bits per heavy atom. The van der Waals surface area contributed by atoms with Crippen LogP contribution in [0.4, 0.5) is 0 Å². The van der Waals surface area contributed by atoms with Gasteiger partial charge >= 0.3 is 5.97 Å². The van der Waals surface area contributed by atoms with Gasteiger partial charge in [0, 0.05) is 6.42 Å². The van der Waals surface area contributed by atoms with Gasteiger partial charge in [-0.3, -0.25) is 0 Å². The fourth-order valence-electron chi connectivity index (χ4n) is 9.97. The number of benzene rings is 1. The van der Waals surface area contributed by atoms with Gasteiger partial charge in [-0.25, -0.2) is 4.79 Å². The van der Waals surface area contributed by atoms with Gasteiger partial charge in [0.25, 0.3) is 0 Å². The number of aromatic carboxylic acids is 1. The smallest absolute Gasteiger partial charge is 0.336 e. The van der Waals surface area contributed by atoms with Gasteiger partial charge in [-0.1, -0.05) is 83.7 Å². The molecule has 38 heavy (non-hydrogen) atoms. The molecule has 4 aliphatic carbocycles. The Bertz CT molecular complexity index is 1080. The number of aliphatic hydroxyl groups is 2. The normalized spacial score (nSPS) is 41.2. The molecule has 0 aromatic heterocycles. The molecule has 210 valence electrons. The van der Waals surface area contributed by atoms with Crippen LogP contribution in [0.1, 0.15) is 115 Å². The van der Waals surface area contributed by atoms with Gasteiger partial charge in [-0.15, -0.1) is 0 Å². The van der Waals surface area contributed by atoms with Crippen molar-refractivity contribution in [1.29, 1.82) is 0 Å². The van der Waals surface area contributed by atoms with E-state index in [2.05, 4.69) is 40.7 Å². The molecule has 1 aromatic carbocycles. The molecule has 5 rings (SSSR count). The van der Waals surface area contributed by atoms with Crippen molar-refractivity contribution in [2.75, 3.05) is 0 Å². The first-order valence-electron chi connectivity index (χ1n) is 15.3. The fraction of sp³-hybridized carbons (Fsp3) is 0.735. The minimum Gasteiger partial charge on any atom is -0.478 e. The van der Waals surface area contributed by atoms with Gasteiger partial charge in [0.1, 0.15) is 0 Å². The third-order valence-electron chi connectivity index (χ3n) is 12.1. The quantitative estimate of drug-likeness (QED) is 0.323. The van der Waals surface area contributed by atoms with E-state index in [9.17, 15) is 20.1 Å². The number of rotatable bonds is 7. The number of carbonyl (C=O) groups is 1. The highest BCUT2D eigenvalue weighted by Gasteiger charge is 2.62. The molecule has 0 aliphatic heterocycles. The minimum atomic E-state index is -1.21. The third kappa shape index (κ3) is 4.48. The first kappa shape index (κ1) is 27.9. The molecular formula is C34H50O4. The molecular weight excluding hydrogens is 472 g/mol. The van der Waals surface area contributed by atoms with E-state index in [4.69, 9.17) is 0 Å². The Morgan fingerprint density at radius 3 is 2.45 bits per heavy atom. The zero-order valence-electron chi connectivity index (χ0n) is 24.2. The number of hydrogen-bond donors (Lipinski definition) is 3. The molecule has 3 N–H and O–H groups in total. The Morgan fingerprint density at radius 2 is 1.74 bits per heavy atom. The first-order valence-corrected chi connectivity index (χ1v) is 15.3. The third-order valence-corrected chi connectivity index (χ3v) is 12.1. The molecule has 3 saturated carbocycles. The van der Waals surface area contributed by atoms with E-state index in [-0.39, 0.29) is 16.9 Å². The lowest BCUT2D eigenvalue weighted by Crippen LogP contribution is -2.55. The van der Waals surface area contributed by atoms with Gasteiger partial charge in [0.2, 0.25) is 0 Å². The van der Waals surface area contributed by atoms with Crippen LogP contribution in [-0.4, -0.2) is 27.4 Å². The number of fused-ring (bicyclic) bond motifs is 5. The second-order valence-corrected chi connectivity index (χ2v) is 14.5. The van der Waals surface area contributed by atoms with Gasteiger partial charge < -0.3 is 15.3 Å². The van der Waals surface area contributed by atoms with Crippen molar-refractivity contribution in [2.45, 2.75) is 111 Å². The van der Waals surface area contributed by atoms with Crippen molar-refractivity contribution in [3.8, 4) is 0 Å². The molecule has 0 radical (unpaired) electrons. The van der Waals surface area contributed by atoms with Crippen LogP contribution in [-0.2, 0) is 5.60 Å². The first-order chi connectivity index (χ1) is 17.9. The summed E-state index contributed by atoms with van der Waals surface area (Å²) in [5.74, 6) is 2.52. The molecule has 4 aliphatic rings. The molecule has 9 atom stereocenters. The van der Waals surface area contributed by atoms with E-state index in [1.54, 1.807) is 18.2 Å². The summed E-state index contributed by atoms with van der Waals surface area (Å²) in [6.07, 6.45) is 12.2. The molecule has 0 bridgehead atoms. The summed E-state index contributed by atoms with van der Waals surface area (Å²) in [6, 6.07) is 6.89. The molecule has 0 saturated heterocycles. The topological polar surface area (TPSA) is 77.8 Å². The number of aliphatic hydroxyl groups excluding tert-OH is 1. The lowest BCUT2D eigenvalue weighted by Gasteiger charge is -2.60. The average Bonchev–Trinajstić information content (AvgIpc) is 3.22. The van der Waals surface area contributed by atoms with E-state index in [0.29, 0.717) is 35.7 Å². The second-order valence-electron chi connectivity index (χ2n) is 14.5. The predicted molar refractivity (Wildman–Crippen MR) is 152 cm³/mol. The second kappa shape index (κ2) is 10.1. The van der Waals surface area contributed by atoms with Crippen LogP contribution in [0.2, 0.25) is 0 Å². The van der Waals surface area contributed by atoms with Crippen LogP contribution < -0.4 is 0 Å². The summed E-state index contributed by atoms with van der Waals surface area (Å²) in [4.78, 5) is 11.9. The zero-order chi connectivity index (χ0) is 27.5. The molecule has 1 unspecified atom stereocenters. The predicted octanol–water partition coefficient (Wildman–Crippen LogP) is 7.58. The molecule has 0 amide bonds. The highest BCUT2D eigenvalue weighted by atomic mass is 16.4. The van der Waals surface area contributed by atoms with E-state index in [0.717, 1.165) is 36.2 Å². The van der Waals surface area contributed by atoms with Crippen LogP contribution in [0.5, 0.6) is 0 Å². The lowest BCUT2D eigenvalue weighted by molar-refractivity contribution is -0.108. The Labute approximate surface area is 229 Å². The summed E-state index contributed by atoms with van der Waals surface area (Å²) in [7, 11) is 0. The van der Waals surface area contributed by atoms with Gasteiger partial charge in [-0.2, -0.15) is 0 Å². The number of hydrogen-bond acceptors (Lipinski definition) is 3. The highest BCUT2D eigenvalue weighted by Crippen LogP contribution is 2.68. The zero-order valence-corrected chi connectivity index (χ0v) is 24.2. The van der Waals surface area contributed by atoms with E-state index in [1.807, 2.05) is 6.07 Å². The number of carboxylic acid groups (broad SMARTS) is 1. The van der Waals surface area contributed by atoms with Gasteiger partial charge in [-0.05, 0) is 96.5 Å².